The number of carbonyl (C=O) groups excluding carboxylic acids is 1. The van der Waals surface area contributed by atoms with Gasteiger partial charge in [0, 0.05) is 5.56 Å². The van der Waals surface area contributed by atoms with Gasteiger partial charge in [0.25, 0.3) is 6.43 Å². The zero-order valence-corrected chi connectivity index (χ0v) is 9.16. The third-order valence-electron chi connectivity index (χ3n) is 2.16. The highest BCUT2D eigenvalue weighted by Gasteiger charge is 2.25. The van der Waals surface area contributed by atoms with Crippen LogP contribution < -0.4 is 4.74 Å². The van der Waals surface area contributed by atoms with E-state index in [2.05, 4.69) is 4.74 Å². The monoisotopic (exact) mass is 241 g/mol. The second-order valence-corrected chi connectivity index (χ2v) is 3.01. The van der Waals surface area contributed by atoms with Gasteiger partial charge in [-0.1, -0.05) is 0 Å². The molecule has 0 bridgehead atoms. The highest BCUT2D eigenvalue weighted by molar-refractivity contribution is 5.95. The number of alkyl halides is 2. The van der Waals surface area contributed by atoms with Gasteiger partial charge in [-0.05, 0) is 12.1 Å². The summed E-state index contributed by atoms with van der Waals surface area (Å²) in [7, 11) is 2.33. The van der Waals surface area contributed by atoms with Crippen molar-refractivity contribution in [2.45, 2.75) is 6.43 Å². The van der Waals surface area contributed by atoms with Crippen LogP contribution in [0.15, 0.2) is 12.1 Å². The van der Waals surface area contributed by atoms with Gasteiger partial charge >= 0.3 is 5.97 Å². The summed E-state index contributed by atoms with van der Waals surface area (Å²) in [5.41, 5.74) is -1.25. The van der Waals surface area contributed by atoms with Crippen LogP contribution in [0, 0.1) is 11.3 Å². The molecule has 0 heterocycles. The molecule has 0 saturated heterocycles. The predicted molar refractivity (Wildman–Crippen MR) is 54.0 cm³/mol. The molecule has 1 aromatic carbocycles. The van der Waals surface area contributed by atoms with Gasteiger partial charge in [-0.15, -0.1) is 0 Å². The Kier molecular flexibility index (Phi) is 3.99. The molecular weight excluding hydrogens is 232 g/mol. The van der Waals surface area contributed by atoms with Crippen LogP contribution in [0.3, 0.4) is 0 Å². The van der Waals surface area contributed by atoms with E-state index in [0.29, 0.717) is 0 Å². The maximum Gasteiger partial charge on any atom is 0.339 e. The van der Waals surface area contributed by atoms with E-state index in [0.717, 1.165) is 13.2 Å². The van der Waals surface area contributed by atoms with E-state index in [9.17, 15) is 13.6 Å². The topological polar surface area (TPSA) is 59.3 Å². The molecule has 4 nitrogen and oxygen atoms in total. The van der Waals surface area contributed by atoms with Gasteiger partial charge in [0.2, 0.25) is 0 Å². The molecular formula is C11H9F2NO3. The van der Waals surface area contributed by atoms with E-state index in [1.165, 1.54) is 13.2 Å². The van der Waals surface area contributed by atoms with Crippen molar-refractivity contribution in [3.8, 4) is 11.8 Å². The van der Waals surface area contributed by atoms with Crippen LogP contribution in [0.2, 0.25) is 0 Å². The number of benzene rings is 1. The van der Waals surface area contributed by atoms with Crippen molar-refractivity contribution in [1.82, 2.24) is 0 Å². The van der Waals surface area contributed by atoms with Gasteiger partial charge < -0.3 is 9.47 Å². The van der Waals surface area contributed by atoms with Gasteiger partial charge in [-0.2, -0.15) is 5.26 Å². The van der Waals surface area contributed by atoms with Crippen LogP contribution in [0.25, 0.3) is 0 Å². The van der Waals surface area contributed by atoms with Crippen molar-refractivity contribution in [3.63, 3.8) is 0 Å². The largest absolute Gasteiger partial charge is 0.495 e. The van der Waals surface area contributed by atoms with Gasteiger partial charge in [0.15, 0.2) is 0 Å². The Morgan fingerprint density at radius 3 is 2.47 bits per heavy atom. The molecule has 0 atom stereocenters. The molecule has 0 aliphatic carbocycles. The molecule has 0 N–H and O–H groups in total. The first-order valence-electron chi connectivity index (χ1n) is 4.54. The van der Waals surface area contributed by atoms with Crippen molar-refractivity contribution < 1.29 is 23.0 Å². The minimum absolute atomic E-state index is 0.0531. The summed E-state index contributed by atoms with van der Waals surface area (Å²) in [5.74, 6) is -0.937. The van der Waals surface area contributed by atoms with Gasteiger partial charge in [0.05, 0.1) is 19.8 Å². The Labute approximate surface area is 96.4 Å². The second kappa shape index (κ2) is 5.25. The molecule has 0 fully saturated rings. The van der Waals surface area contributed by atoms with E-state index >= 15 is 0 Å². The summed E-state index contributed by atoms with van der Waals surface area (Å²) in [5, 5.41) is 8.90. The van der Waals surface area contributed by atoms with Crippen molar-refractivity contribution in [2.24, 2.45) is 0 Å². The van der Waals surface area contributed by atoms with Gasteiger partial charge in [0.1, 0.15) is 17.4 Å². The minimum Gasteiger partial charge on any atom is -0.495 e. The van der Waals surface area contributed by atoms with Crippen LogP contribution in [0.1, 0.15) is 27.9 Å². The Morgan fingerprint density at radius 1 is 1.41 bits per heavy atom. The first-order chi connectivity index (χ1) is 8.06. The van der Waals surface area contributed by atoms with Crippen LogP contribution in [-0.2, 0) is 4.74 Å². The number of hydrogen-bond donors (Lipinski definition) is 0. The molecule has 0 aromatic heterocycles. The molecule has 90 valence electrons. The lowest BCUT2D eigenvalue weighted by atomic mass is 10.0. The number of rotatable bonds is 3. The van der Waals surface area contributed by atoms with Crippen LogP contribution in [0.4, 0.5) is 8.78 Å². The maximum absolute atomic E-state index is 12.7. The van der Waals surface area contributed by atoms with E-state index in [1.807, 2.05) is 0 Å². The first kappa shape index (κ1) is 12.9. The summed E-state index contributed by atoms with van der Waals surface area (Å²) in [4.78, 5) is 11.4. The van der Waals surface area contributed by atoms with E-state index < -0.39 is 23.5 Å². The van der Waals surface area contributed by atoms with E-state index in [1.54, 1.807) is 6.07 Å². The normalized spacial score (nSPS) is 9.88. The molecule has 1 aromatic rings. The number of ether oxygens (including phenoxy) is 2. The van der Waals surface area contributed by atoms with Crippen LogP contribution in [0.5, 0.6) is 5.75 Å². The number of carbonyl (C=O) groups is 1. The molecule has 17 heavy (non-hydrogen) atoms. The third kappa shape index (κ3) is 2.33. The SMILES string of the molecule is COC(=O)c1c(C(F)F)ccc(OC)c1C#N. The lowest BCUT2D eigenvalue weighted by Crippen LogP contribution is -2.10. The third-order valence-corrected chi connectivity index (χ3v) is 2.16. The van der Waals surface area contributed by atoms with Crippen molar-refractivity contribution in [1.29, 1.82) is 5.26 Å². The molecule has 6 heteroatoms. The number of nitrogens with zero attached hydrogens (tertiary/aromatic N) is 1. The maximum atomic E-state index is 12.7. The number of esters is 1. The van der Waals surface area contributed by atoms with E-state index in [-0.39, 0.29) is 11.3 Å². The highest BCUT2D eigenvalue weighted by Crippen LogP contribution is 2.31. The molecule has 0 amide bonds. The quantitative estimate of drug-likeness (QED) is 0.762. The number of nitriles is 1. The Morgan fingerprint density at radius 2 is 2.06 bits per heavy atom. The fourth-order valence-electron chi connectivity index (χ4n) is 1.38. The summed E-state index contributed by atoms with van der Waals surface area (Å²) >= 11 is 0. The minimum atomic E-state index is -2.87. The fourth-order valence-corrected chi connectivity index (χ4v) is 1.38. The second-order valence-electron chi connectivity index (χ2n) is 3.01. The van der Waals surface area contributed by atoms with Gasteiger partial charge in [-0.25, -0.2) is 13.6 Å². The van der Waals surface area contributed by atoms with Gasteiger partial charge in [-0.3, -0.25) is 0 Å². The summed E-state index contributed by atoms with van der Waals surface area (Å²) in [6.07, 6.45) is -2.87. The summed E-state index contributed by atoms with van der Waals surface area (Å²) in [6.45, 7) is 0. The Balaban J connectivity index is 3.57. The van der Waals surface area contributed by atoms with Crippen molar-refractivity contribution >= 4 is 5.97 Å². The number of halogens is 2. The lowest BCUT2D eigenvalue weighted by molar-refractivity contribution is 0.0588. The molecule has 0 spiro atoms. The van der Waals surface area contributed by atoms with Crippen LogP contribution in [-0.4, -0.2) is 20.2 Å². The summed E-state index contributed by atoms with van der Waals surface area (Å²) < 4.78 is 34.7. The van der Waals surface area contributed by atoms with Crippen molar-refractivity contribution in [3.05, 3.63) is 28.8 Å². The standard InChI is InChI=1S/C11H9F2NO3/c1-16-8-4-3-6(10(12)13)9(7(8)5-14)11(15)17-2/h3-4,10H,1-2H3. The lowest BCUT2D eigenvalue weighted by Gasteiger charge is -2.11. The average Bonchev–Trinajstić information content (AvgIpc) is 2.35. The van der Waals surface area contributed by atoms with E-state index in [4.69, 9.17) is 10.00 Å². The van der Waals surface area contributed by atoms with Crippen molar-refractivity contribution in [2.75, 3.05) is 14.2 Å². The first-order valence-corrected chi connectivity index (χ1v) is 4.54. The molecule has 0 aliphatic heterocycles. The molecule has 0 unspecified atom stereocenters. The average molecular weight is 241 g/mol. The Bertz CT molecular complexity index is 480. The molecule has 1 rings (SSSR count). The number of methoxy groups -OCH3 is 2. The number of hydrogen-bond acceptors (Lipinski definition) is 4. The predicted octanol–water partition coefficient (Wildman–Crippen LogP) is 2.29. The molecule has 0 saturated carbocycles. The Hall–Kier alpha value is -2.16. The van der Waals surface area contributed by atoms with Crippen LogP contribution >= 0.6 is 0 Å². The fraction of sp³-hybridized carbons (Fsp3) is 0.273. The molecule has 0 radical (unpaired) electrons. The zero-order valence-electron chi connectivity index (χ0n) is 9.16. The highest BCUT2D eigenvalue weighted by atomic mass is 19.3. The summed E-state index contributed by atoms with van der Waals surface area (Å²) in [6, 6.07) is 3.92. The molecule has 0 aliphatic rings. The smallest absolute Gasteiger partial charge is 0.339 e. The zero-order chi connectivity index (χ0) is 13.0.